The third kappa shape index (κ3) is 5.21. The number of sulfonamides is 1. The predicted octanol–water partition coefficient (Wildman–Crippen LogP) is 4.73. The van der Waals surface area contributed by atoms with Gasteiger partial charge in [0.05, 0.1) is 20.8 Å². The number of halogens is 1. The Kier molecular flexibility index (Phi) is 7.04. The largest absolute Gasteiger partial charge is 0.480 e. The highest BCUT2D eigenvalue weighted by Crippen LogP contribution is 2.27. The van der Waals surface area contributed by atoms with Crippen LogP contribution in [0.3, 0.4) is 0 Å². The number of carboxylic acid groups (broad SMARTS) is 1. The Morgan fingerprint density at radius 1 is 1.08 bits per heavy atom. The van der Waals surface area contributed by atoms with Crippen LogP contribution in [-0.2, 0) is 14.8 Å². The third-order valence-corrected chi connectivity index (χ3v) is 7.90. The van der Waals surface area contributed by atoms with Crippen molar-refractivity contribution >= 4 is 49.1 Å². The molecule has 0 bridgehead atoms. The average molecular weight is 528 g/mol. The Bertz CT molecular complexity index is 1620. The molecule has 1 atom stereocenters. The number of aromatic nitrogens is 1. The van der Waals surface area contributed by atoms with E-state index in [2.05, 4.69) is 9.71 Å². The highest BCUT2D eigenvalue weighted by Gasteiger charge is 2.23. The molecule has 11 heteroatoms. The quantitative estimate of drug-likeness (QED) is 0.360. The van der Waals surface area contributed by atoms with Crippen LogP contribution < -0.4 is 9.52 Å². The summed E-state index contributed by atoms with van der Waals surface area (Å²) in [6, 6.07) is 14.9. The summed E-state index contributed by atoms with van der Waals surface area (Å²) in [4.78, 5) is 29.1. The number of rotatable bonds is 7. The first-order valence-corrected chi connectivity index (χ1v) is 13.2. The molecule has 0 saturated carbocycles. The molecule has 0 spiro atoms. The number of hydrogen-bond acceptors (Lipinski definition) is 5. The van der Waals surface area contributed by atoms with Crippen molar-refractivity contribution in [3.05, 3.63) is 88.5 Å². The lowest BCUT2D eigenvalue weighted by Gasteiger charge is -2.14. The predicted molar refractivity (Wildman–Crippen MR) is 135 cm³/mol. The molecule has 186 valence electrons. The van der Waals surface area contributed by atoms with Gasteiger partial charge in [-0.3, -0.25) is 9.52 Å². The van der Waals surface area contributed by atoms with Gasteiger partial charge in [0.25, 0.3) is 15.9 Å². The standard InChI is InChI=1S/C25H22FN3O5S2/c1-3-20(24(31)32)29-21-13-10-18(28-36(33,34)19-11-8-17(26)9-12-19)14-22(21)35-25(29)27-23(30)16-6-4-15(2)5-7-16/h4-14,20,28H,3H2,1-2H3,(H,31,32)/b27-25-. The zero-order valence-corrected chi connectivity index (χ0v) is 20.9. The number of thiazole rings is 1. The first-order chi connectivity index (χ1) is 17.1. The molecule has 4 rings (SSSR count). The van der Waals surface area contributed by atoms with E-state index in [0.29, 0.717) is 15.8 Å². The van der Waals surface area contributed by atoms with Gasteiger partial charge in [-0.1, -0.05) is 36.0 Å². The van der Waals surface area contributed by atoms with Crippen LogP contribution in [0.1, 0.15) is 35.3 Å². The maximum atomic E-state index is 13.2. The van der Waals surface area contributed by atoms with E-state index < -0.39 is 33.8 Å². The van der Waals surface area contributed by atoms with E-state index in [1.807, 2.05) is 6.92 Å². The van der Waals surface area contributed by atoms with Gasteiger partial charge < -0.3 is 9.67 Å². The van der Waals surface area contributed by atoms with E-state index in [0.717, 1.165) is 41.2 Å². The summed E-state index contributed by atoms with van der Waals surface area (Å²) in [7, 11) is -3.99. The van der Waals surface area contributed by atoms with Crippen molar-refractivity contribution in [2.45, 2.75) is 31.2 Å². The maximum absolute atomic E-state index is 13.2. The van der Waals surface area contributed by atoms with Gasteiger partial charge in [0.2, 0.25) is 0 Å². The lowest BCUT2D eigenvalue weighted by Crippen LogP contribution is -2.27. The summed E-state index contributed by atoms with van der Waals surface area (Å²) in [5.74, 6) is -2.16. The minimum Gasteiger partial charge on any atom is -0.480 e. The second kappa shape index (κ2) is 10.0. The summed E-state index contributed by atoms with van der Waals surface area (Å²) < 4.78 is 43.1. The van der Waals surface area contributed by atoms with E-state index in [9.17, 15) is 27.5 Å². The van der Waals surface area contributed by atoms with Crippen LogP contribution >= 0.6 is 11.3 Å². The molecule has 36 heavy (non-hydrogen) atoms. The molecule has 0 aliphatic rings. The fraction of sp³-hybridized carbons (Fsp3) is 0.160. The van der Waals surface area contributed by atoms with Crippen molar-refractivity contribution < 1.29 is 27.5 Å². The van der Waals surface area contributed by atoms with Gasteiger partial charge in [0.1, 0.15) is 11.9 Å². The number of anilines is 1. The molecule has 8 nitrogen and oxygen atoms in total. The second-order valence-corrected chi connectivity index (χ2v) is 10.7. The number of carboxylic acids is 1. The topological polar surface area (TPSA) is 118 Å². The molecule has 1 aromatic heterocycles. The molecule has 1 heterocycles. The number of nitrogens with one attached hydrogen (secondary N) is 1. The van der Waals surface area contributed by atoms with Crippen LogP contribution in [0, 0.1) is 12.7 Å². The zero-order valence-electron chi connectivity index (χ0n) is 19.3. The van der Waals surface area contributed by atoms with Crippen molar-refractivity contribution in [3.63, 3.8) is 0 Å². The van der Waals surface area contributed by atoms with Crippen LogP contribution in [0.4, 0.5) is 10.1 Å². The van der Waals surface area contributed by atoms with Crippen molar-refractivity contribution in [2.75, 3.05) is 4.72 Å². The number of nitrogens with zero attached hydrogens (tertiary/aromatic N) is 2. The minimum atomic E-state index is -3.99. The highest BCUT2D eigenvalue weighted by molar-refractivity contribution is 7.92. The summed E-state index contributed by atoms with van der Waals surface area (Å²) in [6.45, 7) is 3.61. The normalized spacial score (nSPS) is 13.0. The summed E-state index contributed by atoms with van der Waals surface area (Å²) in [6.07, 6.45) is 0.242. The molecular formula is C25H22FN3O5S2. The molecule has 0 saturated heterocycles. The number of aryl methyl sites for hydroxylation is 1. The Morgan fingerprint density at radius 3 is 2.36 bits per heavy atom. The van der Waals surface area contributed by atoms with Crippen LogP contribution in [0.15, 0.2) is 76.6 Å². The highest BCUT2D eigenvalue weighted by atomic mass is 32.2. The zero-order chi connectivity index (χ0) is 26.0. The van der Waals surface area contributed by atoms with E-state index in [4.69, 9.17) is 0 Å². The van der Waals surface area contributed by atoms with Crippen molar-refractivity contribution in [2.24, 2.45) is 4.99 Å². The first kappa shape index (κ1) is 25.3. The number of carbonyl (C=O) groups is 2. The molecule has 4 aromatic rings. The Hall–Kier alpha value is -3.83. The minimum absolute atomic E-state index is 0.110. The molecular weight excluding hydrogens is 505 g/mol. The van der Waals surface area contributed by atoms with Crippen LogP contribution in [0.2, 0.25) is 0 Å². The fourth-order valence-electron chi connectivity index (χ4n) is 3.63. The third-order valence-electron chi connectivity index (χ3n) is 5.48. The number of benzene rings is 3. The van der Waals surface area contributed by atoms with Crippen molar-refractivity contribution in [1.29, 1.82) is 0 Å². The van der Waals surface area contributed by atoms with Gasteiger partial charge in [0.15, 0.2) is 4.80 Å². The lowest BCUT2D eigenvalue weighted by atomic mass is 10.1. The average Bonchev–Trinajstić information content (AvgIpc) is 3.16. The van der Waals surface area contributed by atoms with Crippen LogP contribution in [0.5, 0.6) is 0 Å². The SMILES string of the molecule is CCC(C(=O)O)n1/c(=N/C(=O)c2ccc(C)cc2)sc2cc(NS(=O)(=O)c3ccc(F)cc3)ccc21. The first-order valence-electron chi connectivity index (χ1n) is 10.9. The fourth-order valence-corrected chi connectivity index (χ4v) is 5.79. The molecule has 0 aliphatic carbocycles. The number of fused-ring (bicyclic) bond motifs is 1. The van der Waals surface area contributed by atoms with Crippen LogP contribution in [-0.4, -0.2) is 30.0 Å². The maximum Gasteiger partial charge on any atom is 0.326 e. The summed E-state index contributed by atoms with van der Waals surface area (Å²) >= 11 is 1.08. The second-order valence-electron chi connectivity index (χ2n) is 8.04. The Labute approximate surface area is 210 Å². The number of hydrogen-bond donors (Lipinski definition) is 2. The van der Waals surface area contributed by atoms with Gasteiger partial charge >= 0.3 is 5.97 Å². The number of carbonyl (C=O) groups excluding carboxylic acids is 1. The number of aliphatic carboxylic acids is 1. The van der Waals surface area contributed by atoms with Gasteiger partial charge in [-0.15, -0.1) is 0 Å². The smallest absolute Gasteiger partial charge is 0.326 e. The van der Waals surface area contributed by atoms with E-state index >= 15 is 0 Å². The number of amides is 1. The monoisotopic (exact) mass is 527 g/mol. The summed E-state index contributed by atoms with van der Waals surface area (Å²) in [5, 5.41) is 9.80. The molecule has 1 unspecified atom stereocenters. The molecule has 0 fully saturated rings. The summed E-state index contributed by atoms with van der Waals surface area (Å²) in [5.41, 5.74) is 2.06. The van der Waals surface area contributed by atoms with E-state index in [-0.39, 0.29) is 21.8 Å². The molecule has 0 radical (unpaired) electrons. The van der Waals surface area contributed by atoms with Crippen LogP contribution in [0.25, 0.3) is 10.2 Å². The van der Waals surface area contributed by atoms with Gasteiger partial charge in [-0.25, -0.2) is 17.6 Å². The van der Waals surface area contributed by atoms with Crippen molar-refractivity contribution in [3.8, 4) is 0 Å². The molecule has 1 amide bonds. The molecule has 0 aliphatic heterocycles. The van der Waals surface area contributed by atoms with Crippen molar-refractivity contribution in [1.82, 2.24) is 4.57 Å². The van der Waals surface area contributed by atoms with Gasteiger partial charge in [-0.2, -0.15) is 4.99 Å². The Balaban J connectivity index is 1.80. The van der Waals surface area contributed by atoms with E-state index in [1.165, 1.54) is 10.6 Å². The van der Waals surface area contributed by atoms with Gasteiger partial charge in [-0.05, 0) is 67.9 Å². The van der Waals surface area contributed by atoms with Gasteiger partial charge in [0, 0.05) is 5.56 Å². The molecule has 3 aromatic carbocycles. The molecule has 2 N–H and O–H groups in total. The lowest BCUT2D eigenvalue weighted by molar-refractivity contribution is -0.140. The van der Waals surface area contributed by atoms with E-state index in [1.54, 1.807) is 43.3 Å². The Morgan fingerprint density at radius 2 is 1.75 bits per heavy atom.